The van der Waals surface area contributed by atoms with Crippen LogP contribution in [-0.4, -0.2) is 32.3 Å². The number of amides is 1. The first-order valence-corrected chi connectivity index (χ1v) is 8.85. The molecule has 7 nitrogen and oxygen atoms in total. The minimum atomic E-state index is -4.85. The number of imidazole rings is 1. The van der Waals surface area contributed by atoms with Gasteiger partial charge in [-0.3, -0.25) is 4.79 Å². The van der Waals surface area contributed by atoms with E-state index in [1.807, 2.05) is 0 Å². The molecule has 11 heteroatoms. The van der Waals surface area contributed by atoms with Gasteiger partial charge in [-0.2, -0.15) is 13.2 Å². The van der Waals surface area contributed by atoms with E-state index in [4.69, 9.17) is 8.83 Å². The third-order valence-electron chi connectivity index (χ3n) is 4.98. The van der Waals surface area contributed by atoms with Gasteiger partial charge in [0.15, 0.2) is 12.1 Å². The Morgan fingerprint density at radius 1 is 1.23 bits per heavy atom. The maximum absolute atomic E-state index is 13.6. The SMILES string of the molecule is O=C(c1ocnc1C(F)(F)F)N1CCc2[nH]cnc2[C@H]1c1cc2cc(F)ccc2o1. The largest absolute Gasteiger partial charge is 0.458 e. The molecule has 1 aliphatic rings. The van der Waals surface area contributed by atoms with Crippen molar-refractivity contribution in [2.24, 2.45) is 0 Å². The van der Waals surface area contributed by atoms with Gasteiger partial charge >= 0.3 is 6.18 Å². The highest BCUT2D eigenvalue weighted by molar-refractivity contribution is 5.93. The molecule has 0 saturated carbocycles. The van der Waals surface area contributed by atoms with Gasteiger partial charge in [0.2, 0.25) is 5.76 Å². The fourth-order valence-corrected chi connectivity index (χ4v) is 3.68. The summed E-state index contributed by atoms with van der Waals surface area (Å²) in [5.41, 5.74) is 0.134. The van der Waals surface area contributed by atoms with Crippen LogP contribution in [0.2, 0.25) is 0 Å². The maximum atomic E-state index is 13.6. The Morgan fingerprint density at radius 2 is 2.07 bits per heavy atom. The first-order valence-electron chi connectivity index (χ1n) is 8.85. The summed E-state index contributed by atoms with van der Waals surface area (Å²) in [5.74, 6) is -2.13. The highest BCUT2D eigenvalue weighted by Crippen LogP contribution is 2.39. The molecule has 154 valence electrons. The quantitative estimate of drug-likeness (QED) is 0.494. The number of oxazole rings is 1. The number of carbonyl (C=O) groups is 1. The van der Waals surface area contributed by atoms with Gasteiger partial charge in [0, 0.05) is 24.0 Å². The first kappa shape index (κ1) is 18.4. The Labute approximate surface area is 165 Å². The molecule has 0 saturated heterocycles. The van der Waals surface area contributed by atoms with Crippen molar-refractivity contribution in [3.8, 4) is 0 Å². The van der Waals surface area contributed by atoms with E-state index in [9.17, 15) is 22.4 Å². The number of halogens is 4. The lowest BCUT2D eigenvalue weighted by molar-refractivity contribution is -0.141. The molecule has 0 unspecified atom stereocenters. The van der Waals surface area contributed by atoms with Gasteiger partial charge in [-0.1, -0.05) is 0 Å². The molecule has 1 amide bonds. The number of fused-ring (bicyclic) bond motifs is 2. The van der Waals surface area contributed by atoms with E-state index in [0.717, 1.165) is 5.69 Å². The Balaban J connectivity index is 1.62. The molecule has 5 rings (SSSR count). The average molecular weight is 420 g/mol. The second-order valence-corrected chi connectivity index (χ2v) is 6.78. The van der Waals surface area contributed by atoms with Crippen molar-refractivity contribution in [1.29, 1.82) is 0 Å². The number of H-pyrrole nitrogens is 1. The van der Waals surface area contributed by atoms with Crippen molar-refractivity contribution in [1.82, 2.24) is 19.9 Å². The molecule has 4 heterocycles. The molecule has 0 fully saturated rings. The number of aromatic nitrogens is 3. The van der Waals surface area contributed by atoms with Crippen LogP contribution in [0.15, 0.2) is 45.8 Å². The number of carbonyl (C=O) groups excluding carboxylic acids is 1. The standard InChI is InChI=1S/C19H12F4N4O3/c20-10-1-2-12-9(5-10)6-13(30-12)15-14-11(24-7-25-14)3-4-27(15)18(28)16-17(19(21,22)23)26-8-29-16/h1-2,5-8,15H,3-4H2,(H,24,25)/t15-/m1/s1. The van der Waals surface area contributed by atoms with E-state index in [0.29, 0.717) is 29.5 Å². The number of alkyl halides is 3. The molecule has 1 aliphatic heterocycles. The van der Waals surface area contributed by atoms with Crippen LogP contribution in [0, 0.1) is 5.82 Å². The summed E-state index contributed by atoms with van der Waals surface area (Å²) in [7, 11) is 0. The van der Waals surface area contributed by atoms with Crippen molar-refractivity contribution in [3.05, 3.63) is 71.4 Å². The molecule has 4 aromatic rings. The summed E-state index contributed by atoms with van der Waals surface area (Å²) in [6.45, 7) is 0.0854. The van der Waals surface area contributed by atoms with Gasteiger partial charge < -0.3 is 18.7 Å². The smallest absolute Gasteiger partial charge is 0.437 e. The lowest BCUT2D eigenvalue weighted by atomic mass is 9.99. The normalized spacial score (nSPS) is 16.8. The number of benzene rings is 1. The number of furan rings is 1. The summed E-state index contributed by atoms with van der Waals surface area (Å²) in [6, 6.07) is 4.55. The van der Waals surface area contributed by atoms with Crippen LogP contribution >= 0.6 is 0 Å². The number of nitrogens with one attached hydrogen (secondary N) is 1. The van der Waals surface area contributed by atoms with Crippen molar-refractivity contribution in [2.45, 2.75) is 18.6 Å². The van der Waals surface area contributed by atoms with Crippen molar-refractivity contribution < 1.29 is 31.2 Å². The van der Waals surface area contributed by atoms with Crippen LogP contribution < -0.4 is 0 Å². The van der Waals surface area contributed by atoms with Crippen molar-refractivity contribution in [2.75, 3.05) is 6.54 Å². The van der Waals surface area contributed by atoms with Crippen molar-refractivity contribution in [3.63, 3.8) is 0 Å². The zero-order valence-corrected chi connectivity index (χ0v) is 15.0. The van der Waals surface area contributed by atoms with Gasteiger partial charge in [-0.15, -0.1) is 0 Å². The van der Waals surface area contributed by atoms with Crippen LogP contribution in [0.25, 0.3) is 11.0 Å². The van der Waals surface area contributed by atoms with E-state index in [-0.39, 0.29) is 12.3 Å². The van der Waals surface area contributed by atoms with Crippen LogP contribution in [0.4, 0.5) is 17.6 Å². The Morgan fingerprint density at radius 3 is 2.87 bits per heavy atom. The van der Waals surface area contributed by atoms with Crippen molar-refractivity contribution >= 4 is 16.9 Å². The minimum absolute atomic E-state index is 0.0854. The Bertz CT molecular complexity index is 1260. The van der Waals surface area contributed by atoms with E-state index in [1.165, 1.54) is 35.5 Å². The fraction of sp³-hybridized carbons (Fsp3) is 0.211. The minimum Gasteiger partial charge on any atom is -0.458 e. The van der Waals surface area contributed by atoms with Crippen LogP contribution in [0.3, 0.4) is 0 Å². The van der Waals surface area contributed by atoms with Crippen LogP contribution in [-0.2, 0) is 12.6 Å². The summed E-state index contributed by atoms with van der Waals surface area (Å²) in [4.78, 5) is 24.6. The highest BCUT2D eigenvalue weighted by atomic mass is 19.4. The Kier molecular flexibility index (Phi) is 3.95. The van der Waals surface area contributed by atoms with Gasteiger partial charge in [0.05, 0.1) is 12.0 Å². The van der Waals surface area contributed by atoms with Gasteiger partial charge in [0.25, 0.3) is 5.91 Å². The van der Waals surface area contributed by atoms with E-state index in [2.05, 4.69) is 15.0 Å². The molecule has 3 aromatic heterocycles. The topological polar surface area (TPSA) is 88.2 Å². The number of rotatable bonds is 2. The molecule has 1 aromatic carbocycles. The maximum Gasteiger partial charge on any atom is 0.437 e. The number of hydrogen-bond donors (Lipinski definition) is 1. The number of nitrogens with zero attached hydrogens (tertiary/aromatic N) is 3. The zero-order valence-electron chi connectivity index (χ0n) is 15.0. The third-order valence-corrected chi connectivity index (χ3v) is 4.98. The molecule has 0 bridgehead atoms. The van der Waals surface area contributed by atoms with Gasteiger partial charge in [-0.25, -0.2) is 14.4 Å². The number of hydrogen-bond acceptors (Lipinski definition) is 5. The molecule has 0 aliphatic carbocycles. The summed E-state index contributed by atoms with van der Waals surface area (Å²) in [5, 5.41) is 0.454. The molecular formula is C19H12F4N4O3. The predicted molar refractivity (Wildman–Crippen MR) is 92.8 cm³/mol. The number of aromatic amines is 1. The molecular weight excluding hydrogens is 408 g/mol. The van der Waals surface area contributed by atoms with Crippen LogP contribution in [0.5, 0.6) is 0 Å². The predicted octanol–water partition coefficient (Wildman–Crippen LogP) is 4.09. The summed E-state index contributed by atoms with van der Waals surface area (Å²) in [6.07, 6.45) is -2.48. The lowest BCUT2D eigenvalue weighted by Crippen LogP contribution is -2.41. The summed E-state index contributed by atoms with van der Waals surface area (Å²) < 4.78 is 63.9. The third kappa shape index (κ3) is 2.85. The van der Waals surface area contributed by atoms with Gasteiger partial charge in [-0.05, 0) is 24.3 Å². The van der Waals surface area contributed by atoms with Crippen LogP contribution in [0.1, 0.15) is 39.4 Å². The average Bonchev–Trinajstić information content (AvgIpc) is 3.43. The monoisotopic (exact) mass is 420 g/mol. The molecule has 1 atom stereocenters. The van der Waals surface area contributed by atoms with Gasteiger partial charge in [0.1, 0.15) is 23.2 Å². The second-order valence-electron chi connectivity index (χ2n) is 6.78. The molecule has 30 heavy (non-hydrogen) atoms. The molecule has 0 radical (unpaired) electrons. The lowest BCUT2D eigenvalue weighted by Gasteiger charge is -2.33. The molecule has 0 spiro atoms. The van der Waals surface area contributed by atoms with E-state index < -0.39 is 35.4 Å². The fourth-order valence-electron chi connectivity index (χ4n) is 3.68. The summed E-state index contributed by atoms with van der Waals surface area (Å²) >= 11 is 0. The zero-order chi connectivity index (χ0) is 21.0. The van der Waals surface area contributed by atoms with E-state index in [1.54, 1.807) is 0 Å². The first-order chi connectivity index (χ1) is 14.3. The van der Waals surface area contributed by atoms with E-state index >= 15 is 0 Å². The highest BCUT2D eigenvalue weighted by Gasteiger charge is 2.44. The Hall–Kier alpha value is -3.63. The molecule has 1 N–H and O–H groups in total. The second kappa shape index (κ2) is 6.44.